The van der Waals surface area contributed by atoms with Crippen LogP contribution in [-0.2, 0) is 8.85 Å². The summed E-state index contributed by atoms with van der Waals surface area (Å²) >= 11 is 0. The Labute approximate surface area is 171 Å². The molecule has 3 nitrogen and oxygen atoms in total. The van der Waals surface area contributed by atoms with Crippen LogP contribution in [0.1, 0.15) is 61.3 Å². The van der Waals surface area contributed by atoms with Crippen LogP contribution < -0.4 is 0 Å². The standard InChI is InChI=1S/C22H46O3Si2/c1-17-15-19(25-27(11,12)20(3,4)5)16-21(6,7)22(17,23)14-13-18(2)24-26(8,9)10/h13-14,17-19,23H,15-16H2,1-12H3/b14-13+/t17-,18?,19+,22+/m1/s1. The summed E-state index contributed by atoms with van der Waals surface area (Å²) in [5.41, 5.74) is -1.08. The van der Waals surface area contributed by atoms with Crippen molar-refractivity contribution in [3.8, 4) is 0 Å². The molecule has 0 heterocycles. The van der Waals surface area contributed by atoms with Crippen LogP contribution in [0.25, 0.3) is 0 Å². The lowest BCUT2D eigenvalue weighted by atomic mass is 9.60. The molecule has 0 aromatic heterocycles. The summed E-state index contributed by atoms with van der Waals surface area (Å²) in [5.74, 6) is 0.145. The fraction of sp³-hybridized carbons (Fsp3) is 0.909. The number of hydrogen-bond donors (Lipinski definition) is 1. The van der Waals surface area contributed by atoms with Crippen LogP contribution in [0.4, 0.5) is 0 Å². The number of hydrogen-bond acceptors (Lipinski definition) is 3. The molecule has 0 bridgehead atoms. The molecule has 0 radical (unpaired) electrons. The SMILES string of the molecule is CC(/C=C/[C@]1(O)[C@H](C)C[C@H](O[Si](C)(C)C(C)(C)C)CC1(C)C)O[Si](C)(C)C. The molecular weight excluding hydrogens is 368 g/mol. The smallest absolute Gasteiger partial charge is 0.192 e. The lowest BCUT2D eigenvalue weighted by Crippen LogP contribution is -2.57. The minimum atomic E-state index is -1.81. The molecule has 0 saturated heterocycles. The topological polar surface area (TPSA) is 38.7 Å². The van der Waals surface area contributed by atoms with E-state index in [9.17, 15) is 5.11 Å². The van der Waals surface area contributed by atoms with Crippen molar-refractivity contribution in [2.45, 2.75) is 117 Å². The molecule has 1 unspecified atom stereocenters. The van der Waals surface area contributed by atoms with Gasteiger partial charge in [-0.15, -0.1) is 0 Å². The molecule has 4 atom stereocenters. The maximum Gasteiger partial charge on any atom is 0.192 e. The molecule has 1 fully saturated rings. The quantitative estimate of drug-likeness (QED) is 0.406. The summed E-state index contributed by atoms with van der Waals surface area (Å²) in [6, 6.07) is 0. The van der Waals surface area contributed by atoms with E-state index in [1.165, 1.54) is 0 Å². The zero-order chi connectivity index (χ0) is 21.5. The van der Waals surface area contributed by atoms with E-state index in [2.05, 4.69) is 87.3 Å². The third-order valence-electron chi connectivity index (χ3n) is 6.62. The Morgan fingerprint density at radius 3 is 2.04 bits per heavy atom. The van der Waals surface area contributed by atoms with Gasteiger partial charge in [-0.05, 0) is 68.9 Å². The maximum absolute atomic E-state index is 11.6. The molecule has 1 aliphatic carbocycles. The average Bonchev–Trinajstić information content (AvgIpc) is 2.38. The zero-order valence-electron chi connectivity index (χ0n) is 20.1. The lowest BCUT2D eigenvalue weighted by Gasteiger charge is -2.53. The van der Waals surface area contributed by atoms with Crippen molar-refractivity contribution >= 4 is 16.6 Å². The summed E-state index contributed by atoms with van der Waals surface area (Å²) in [4.78, 5) is 0. The minimum Gasteiger partial charge on any atom is -0.414 e. The highest BCUT2D eigenvalue weighted by Crippen LogP contribution is 2.50. The van der Waals surface area contributed by atoms with Crippen molar-refractivity contribution in [2.24, 2.45) is 11.3 Å². The van der Waals surface area contributed by atoms with E-state index in [0.29, 0.717) is 0 Å². The fourth-order valence-corrected chi connectivity index (χ4v) is 6.57. The van der Waals surface area contributed by atoms with Gasteiger partial charge in [-0.1, -0.05) is 53.7 Å². The fourth-order valence-electron chi connectivity index (χ4n) is 4.01. The van der Waals surface area contributed by atoms with Crippen LogP contribution >= 0.6 is 0 Å². The van der Waals surface area contributed by atoms with Gasteiger partial charge in [-0.3, -0.25) is 0 Å². The first-order chi connectivity index (χ1) is 11.8. The maximum atomic E-state index is 11.6. The second-order valence-corrected chi connectivity index (χ2v) is 21.1. The molecule has 0 aromatic carbocycles. The van der Waals surface area contributed by atoms with E-state index >= 15 is 0 Å². The van der Waals surface area contributed by atoms with Gasteiger partial charge in [0.05, 0.1) is 11.7 Å². The van der Waals surface area contributed by atoms with Crippen molar-refractivity contribution in [3.63, 3.8) is 0 Å². The Morgan fingerprint density at radius 2 is 1.63 bits per heavy atom. The molecular formula is C22H46O3Si2. The van der Waals surface area contributed by atoms with Gasteiger partial charge in [-0.25, -0.2) is 0 Å². The van der Waals surface area contributed by atoms with Crippen molar-refractivity contribution in [1.82, 2.24) is 0 Å². The highest BCUT2D eigenvalue weighted by molar-refractivity contribution is 6.74. The van der Waals surface area contributed by atoms with Crippen molar-refractivity contribution < 1.29 is 14.0 Å². The van der Waals surface area contributed by atoms with Crippen molar-refractivity contribution in [2.75, 3.05) is 0 Å². The Hall–Kier alpha value is 0.0538. The Bertz CT molecular complexity index is 529. The van der Waals surface area contributed by atoms with Gasteiger partial charge < -0.3 is 14.0 Å². The highest BCUT2D eigenvalue weighted by Gasteiger charge is 2.52. The number of rotatable bonds is 6. The van der Waals surface area contributed by atoms with Gasteiger partial charge in [0, 0.05) is 6.10 Å². The van der Waals surface area contributed by atoms with Gasteiger partial charge in [0.25, 0.3) is 0 Å². The lowest BCUT2D eigenvalue weighted by molar-refractivity contribution is -0.125. The van der Waals surface area contributed by atoms with Crippen LogP contribution in [0, 0.1) is 11.3 Å². The van der Waals surface area contributed by atoms with E-state index in [1.54, 1.807) is 0 Å². The molecule has 1 aliphatic rings. The molecule has 1 rings (SSSR count). The highest BCUT2D eigenvalue weighted by atomic mass is 28.4. The van der Waals surface area contributed by atoms with Crippen LogP contribution in [0.15, 0.2) is 12.2 Å². The molecule has 27 heavy (non-hydrogen) atoms. The van der Waals surface area contributed by atoms with Crippen LogP contribution in [0.3, 0.4) is 0 Å². The van der Waals surface area contributed by atoms with E-state index in [0.717, 1.165) is 12.8 Å². The van der Waals surface area contributed by atoms with Gasteiger partial charge in [0.15, 0.2) is 16.6 Å². The van der Waals surface area contributed by atoms with E-state index in [4.69, 9.17) is 8.85 Å². The third kappa shape index (κ3) is 6.26. The van der Waals surface area contributed by atoms with Crippen LogP contribution in [0.5, 0.6) is 0 Å². The predicted molar refractivity (Wildman–Crippen MR) is 122 cm³/mol. The molecule has 1 N–H and O–H groups in total. The van der Waals surface area contributed by atoms with Gasteiger partial charge in [0.1, 0.15) is 0 Å². The Kier molecular flexibility index (Phi) is 7.49. The average molecular weight is 415 g/mol. The third-order valence-corrected chi connectivity index (χ3v) is 12.2. The van der Waals surface area contributed by atoms with Crippen LogP contribution in [0.2, 0.25) is 37.8 Å². The summed E-state index contributed by atoms with van der Waals surface area (Å²) in [7, 11) is -3.40. The van der Waals surface area contributed by atoms with Gasteiger partial charge >= 0.3 is 0 Å². The Balaban J connectivity index is 2.96. The Morgan fingerprint density at radius 1 is 1.11 bits per heavy atom. The van der Waals surface area contributed by atoms with E-state index < -0.39 is 22.2 Å². The zero-order valence-corrected chi connectivity index (χ0v) is 22.1. The van der Waals surface area contributed by atoms with Crippen molar-refractivity contribution in [1.29, 1.82) is 0 Å². The first kappa shape index (κ1) is 25.1. The molecule has 0 amide bonds. The van der Waals surface area contributed by atoms with E-state index in [-0.39, 0.29) is 28.6 Å². The molecule has 160 valence electrons. The normalized spacial score (nSPS) is 31.3. The molecule has 0 aromatic rings. The summed E-state index contributed by atoms with van der Waals surface area (Å²) in [5, 5.41) is 11.8. The largest absolute Gasteiger partial charge is 0.414 e. The first-order valence-electron chi connectivity index (χ1n) is 10.6. The molecule has 5 heteroatoms. The predicted octanol–water partition coefficient (Wildman–Crippen LogP) is 6.36. The summed E-state index contributed by atoms with van der Waals surface area (Å²) in [6.45, 7) is 26.7. The minimum absolute atomic E-state index is 0.0323. The van der Waals surface area contributed by atoms with Crippen molar-refractivity contribution in [3.05, 3.63) is 12.2 Å². The second kappa shape index (κ2) is 8.06. The second-order valence-electron chi connectivity index (χ2n) is 11.8. The molecule has 0 aliphatic heterocycles. The molecule has 1 saturated carbocycles. The van der Waals surface area contributed by atoms with Crippen LogP contribution in [-0.4, -0.2) is 39.6 Å². The summed E-state index contributed by atoms with van der Waals surface area (Å²) in [6.07, 6.45) is 6.12. The van der Waals surface area contributed by atoms with E-state index in [1.807, 2.05) is 6.08 Å². The molecule has 0 spiro atoms. The van der Waals surface area contributed by atoms with Gasteiger partial charge in [-0.2, -0.15) is 0 Å². The first-order valence-corrected chi connectivity index (χ1v) is 16.9. The summed E-state index contributed by atoms with van der Waals surface area (Å²) < 4.78 is 12.8. The number of aliphatic hydroxyl groups is 1. The monoisotopic (exact) mass is 414 g/mol. The van der Waals surface area contributed by atoms with Gasteiger partial charge in [0.2, 0.25) is 0 Å².